The molecule has 8 heteroatoms. The Kier molecular flexibility index (Phi) is 4.60. The number of anilines is 1. The normalized spacial score (nSPS) is 18.2. The number of sulfonamides is 1. The summed E-state index contributed by atoms with van der Waals surface area (Å²) in [7, 11) is -3.88. The van der Waals surface area contributed by atoms with E-state index in [1.54, 1.807) is 11.8 Å². The zero-order chi connectivity index (χ0) is 14.0. The first-order valence-electron chi connectivity index (χ1n) is 5.75. The number of halogens is 2. The van der Waals surface area contributed by atoms with E-state index in [2.05, 4.69) is 0 Å². The van der Waals surface area contributed by atoms with Gasteiger partial charge in [0.2, 0.25) is 10.0 Å². The van der Waals surface area contributed by atoms with E-state index < -0.39 is 20.7 Å². The van der Waals surface area contributed by atoms with Crippen LogP contribution in [0.3, 0.4) is 0 Å². The van der Waals surface area contributed by atoms with E-state index in [1.165, 1.54) is 10.4 Å². The lowest BCUT2D eigenvalue weighted by atomic mass is 10.3. The van der Waals surface area contributed by atoms with Crippen molar-refractivity contribution < 1.29 is 12.8 Å². The number of nitrogens with two attached hydrogens (primary N) is 1. The van der Waals surface area contributed by atoms with Gasteiger partial charge in [0.1, 0.15) is 4.90 Å². The number of nitrogens with zero attached hydrogens (tertiary/aromatic N) is 1. The molecule has 1 fully saturated rings. The predicted octanol–water partition coefficient (Wildman–Crippen LogP) is 2.19. The molecule has 0 radical (unpaired) electrons. The van der Waals surface area contributed by atoms with Crippen LogP contribution in [-0.2, 0) is 10.0 Å². The van der Waals surface area contributed by atoms with Crippen LogP contribution in [0, 0.1) is 5.82 Å². The monoisotopic (exact) mass is 324 g/mol. The maximum atomic E-state index is 13.9. The van der Waals surface area contributed by atoms with E-state index in [4.69, 9.17) is 17.3 Å². The molecule has 0 spiro atoms. The standard InChI is InChI=1S/C11H14ClFN2O2S2/c12-9-6-8(14)7-10(11(9)13)19(16,17)15-2-1-4-18-5-3-15/h6-7H,1-5,14H2. The summed E-state index contributed by atoms with van der Waals surface area (Å²) in [6, 6.07) is 2.32. The molecule has 0 atom stereocenters. The lowest BCUT2D eigenvalue weighted by Gasteiger charge is -2.20. The van der Waals surface area contributed by atoms with Gasteiger partial charge >= 0.3 is 0 Å². The fourth-order valence-electron chi connectivity index (χ4n) is 1.87. The van der Waals surface area contributed by atoms with E-state index >= 15 is 0 Å². The molecule has 0 amide bonds. The van der Waals surface area contributed by atoms with Crippen LogP contribution in [0.4, 0.5) is 10.1 Å². The van der Waals surface area contributed by atoms with Crippen molar-refractivity contribution in [3.63, 3.8) is 0 Å². The molecule has 1 aliphatic heterocycles. The lowest BCUT2D eigenvalue weighted by Crippen LogP contribution is -2.33. The van der Waals surface area contributed by atoms with Gasteiger partial charge in [-0.3, -0.25) is 0 Å². The summed E-state index contributed by atoms with van der Waals surface area (Å²) in [6.45, 7) is 0.764. The molecule has 0 aliphatic carbocycles. The number of rotatable bonds is 2. The third-order valence-corrected chi connectivity index (χ3v) is 6.04. The van der Waals surface area contributed by atoms with Gasteiger partial charge in [0, 0.05) is 24.5 Å². The van der Waals surface area contributed by atoms with Crippen LogP contribution in [0.1, 0.15) is 6.42 Å². The van der Waals surface area contributed by atoms with Gasteiger partial charge in [0.15, 0.2) is 5.82 Å². The molecular formula is C11H14ClFN2O2S2. The average molecular weight is 325 g/mol. The van der Waals surface area contributed by atoms with Gasteiger partial charge in [0.05, 0.1) is 5.02 Å². The van der Waals surface area contributed by atoms with E-state index in [0.29, 0.717) is 18.8 Å². The van der Waals surface area contributed by atoms with Gasteiger partial charge in [0.25, 0.3) is 0 Å². The molecular weight excluding hydrogens is 311 g/mol. The minimum absolute atomic E-state index is 0.133. The fourth-order valence-corrected chi connectivity index (χ4v) is 4.76. The summed E-state index contributed by atoms with van der Waals surface area (Å²) < 4.78 is 40.1. The molecule has 1 heterocycles. The van der Waals surface area contributed by atoms with Crippen molar-refractivity contribution in [3.8, 4) is 0 Å². The summed E-state index contributed by atoms with van der Waals surface area (Å²) in [5, 5.41) is -0.275. The Morgan fingerprint density at radius 1 is 1.32 bits per heavy atom. The Morgan fingerprint density at radius 2 is 2.05 bits per heavy atom. The molecule has 19 heavy (non-hydrogen) atoms. The summed E-state index contributed by atoms with van der Waals surface area (Å²) >= 11 is 7.34. The van der Waals surface area contributed by atoms with Crippen LogP contribution < -0.4 is 5.73 Å². The number of nitrogen functional groups attached to an aromatic ring is 1. The Morgan fingerprint density at radius 3 is 2.79 bits per heavy atom. The molecule has 4 nitrogen and oxygen atoms in total. The highest BCUT2D eigenvalue weighted by Gasteiger charge is 2.29. The van der Waals surface area contributed by atoms with Gasteiger partial charge in [-0.15, -0.1) is 0 Å². The fraction of sp³-hybridized carbons (Fsp3) is 0.455. The molecule has 0 aromatic heterocycles. The first-order valence-corrected chi connectivity index (χ1v) is 8.72. The van der Waals surface area contributed by atoms with Gasteiger partial charge < -0.3 is 5.73 Å². The number of hydrogen-bond donors (Lipinski definition) is 1. The van der Waals surface area contributed by atoms with Crippen LogP contribution in [-0.4, -0.2) is 37.3 Å². The molecule has 2 rings (SSSR count). The van der Waals surface area contributed by atoms with E-state index in [1.807, 2.05) is 0 Å². The van der Waals surface area contributed by atoms with E-state index in [0.717, 1.165) is 18.2 Å². The van der Waals surface area contributed by atoms with Gasteiger partial charge in [-0.1, -0.05) is 11.6 Å². The third-order valence-electron chi connectivity index (χ3n) is 2.82. The largest absolute Gasteiger partial charge is 0.399 e. The third kappa shape index (κ3) is 3.16. The smallest absolute Gasteiger partial charge is 0.246 e. The molecule has 106 valence electrons. The second kappa shape index (κ2) is 5.87. The molecule has 1 saturated heterocycles. The summed E-state index contributed by atoms with van der Waals surface area (Å²) in [5.74, 6) is 0.677. The maximum absolute atomic E-state index is 13.9. The van der Waals surface area contributed by atoms with Crippen LogP contribution in [0.25, 0.3) is 0 Å². The van der Waals surface area contributed by atoms with Gasteiger partial charge in [-0.2, -0.15) is 16.1 Å². The van der Waals surface area contributed by atoms with Crippen molar-refractivity contribution in [1.82, 2.24) is 4.31 Å². The summed E-state index contributed by atoms with van der Waals surface area (Å²) in [4.78, 5) is -0.440. The lowest BCUT2D eigenvalue weighted by molar-refractivity contribution is 0.430. The minimum atomic E-state index is -3.88. The van der Waals surface area contributed by atoms with Crippen molar-refractivity contribution in [1.29, 1.82) is 0 Å². The quantitative estimate of drug-likeness (QED) is 0.847. The number of thioether (sulfide) groups is 1. The molecule has 1 aliphatic rings. The Labute approximate surface area is 121 Å². The van der Waals surface area contributed by atoms with Gasteiger partial charge in [-0.05, 0) is 24.3 Å². The topological polar surface area (TPSA) is 63.4 Å². The average Bonchev–Trinajstić information content (AvgIpc) is 2.62. The molecule has 0 saturated carbocycles. The first kappa shape index (κ1) is 14.9. The molecule has 2 N–H and O–H groups in total. The van der Waals surface area contributed by atoms with Crippen LogP contribution in [0.5, 0.6) is 0 Å². The first-order chi connectivity index (χ1) is 8.93. The Bertz CT molecular complexity index is 572. The molecule has 1 aromatic rings. The highest BCUT2D eigenvalue weighted by molar-refractivity contribution is 7.99. The van der Waals surface area contributed by atoms with Gasteiger partial charge in [-0.25, -0.2) is 12.8 Å². The maximum Gasteiger partial charge on any atom is 0.246 e. The van der Waals surface area contributed by atoms with Crippen molar-refractivity contribution in [3.05, 3.63) is 23.0 Å². The van der Waals surface area contributed by atoms with Crippen LogP contribution >= 0.6 is 23.4 Å². The summed E-state index contributed by atoms with van der Waals surface area (Å²) in [6.07, 6.45) is 0.752. The Balaban J connectivity index is 2.44. The predicted molar refractivity (Wildman–Crippen MR) is 76.5 cm³/mol. The molecule has 0 unspecified atom stereocenters. The van der Waals surface area contributed by atoms with Crippen molar-refractivity contribution in [2.24, 2.45) is 0 Å². The Hall–Kier alpha value is -0.500. The minimum Gasteiger partial charge on any atom is -0.399 e. The van der Waals surface area contributed by atoms with Crippen LogP contribution in [0.15, 0.2) is 17.0 Å². The molecule has 0 bridgehead atoms. The second-order valence-corrected chi connectivity index (χ2v) is 7.72. The number of hydrogen-bond acceptors (Lipinski definition) is 4. The van der Waals surface area contributed by atoms with Crippen molar-refractivity contribution in [2.75, 3.05) is 30.3 Å². The highest BCUT2D eigenvalue weighted by Crippen LogP contribution is 2.28. The number of benzene rings is 1. The summed E-state index contributed by atoms with van der Waals surface area (Å²) in [5.41, 5.74) is 5.68. The zero-order valence-electron chi connectivity index (χ0n) is 10.1. The van der Waals surface area contributed by atoms with Crippen molar-refractivity contribution >= 4 is 39.1 Å². The van der Waals surface area contributed by atoms with E-state index in [-0.39, 0.29) is 10.7 Å². The van der Waals surface area contributed by atoms with E-state index in [9.17, 15) is 12.8 Å². The SMILES string of the molecule is Nc1cc(Cl)c(F)c(S(=O)(=O)N2CCCSCC2)c1. The second-order valence-electron chi connectivity index (χ2n) is 4.18. The highest BCUT2D eigenvalue weighted by atomic mass is 35.5. The van der Waals surface area contributed by atoms with Crippen molar-refractivity contribution in [2.45, 2.75) is 11.3 Å². The van der Waals surface area contributed by atoms with Crippen LogP contribution in [0.2, 0.25) is 5.02 Å². The molecule has 1 aromatic carbocycles. The zero-order valence-corrected chi connectivity index (χ0v) is 12.5.